The quantitative estimate of drug-likeness (QED) is 0.905. The zero-order chi connectivity index (χ0) is 18.9. The lowest BCUT2D eigenvalue weighted by Gasteiger charge is -2.48. The molecule has 1 aromatic heterocycles. The molecule has 3 heterocycles. The molecule has 4 rings (SSSR count). The molecule has 27 heavy (non-hydrogen) atoms. The van der Waals surface area contributed by atoms with Crippen LogP contribution in [0.3, 0.4) is 0 Å². The lowest BCUT2D eigenvalue weighted by atomic mass is 9.71. The van der Waals surface area contributed by atoms with E-state index in [0.29, 0.717) is 5.41 Å². The van der Waals surface area contributed by atoms with Crippen molar-refractivity contribution < 1.29 is 5.11 Å². The summed E-state index contributed by atoms with van der Waals surface area (Å²) in [6.07, 6.45) is 7.05. The van der Waals surface area contributed by atoms with Gasteiger partial charge in [0.25, 0.3) is 0 Å². The summed E-state index contributed by atoms with van der Waals surface area (Å²) in [7, 11) is 2.13. The van der Waals surface area contributed by atoms with E-state index in [0.717, 1.165) is 63.4 Å². The normalized spacial score (nSPS) is 23.6. The Bertz CT molecular complexity index is 756. The minimum absolute atomic E-state index is 0.169. The molecule has 1 atom stereocenters. The van der Waals surface area contributed by atoms with E-state index >= 15 is 0 Å². The number of rotatable bonds is 3. The van der Waals surface area contributed by atoms with Crippen molar-refractivity contribution in [2.75, 3.05) is 33.2 Å². The van der Waals surface area contributed by atoms with Crippen molar-refractivity contribution in [3.63, 3.8) is 0 Å². The Hall–Kier alpha value is -1.82. The van der Waals surface area contributed by atoms with E-state index in [1.165, 1.54) is 11.1 Å². The van der Waals surface area contributed by atoms with Gasteiger partial charge in [-0.3, -0.25) is 4.90 Å². The smallest absolute Gasteiger partial charge is 0.159 e. The topological polar surface area (TPSA) is 52.5 Å². The molecule has 2 saturated heterocycles. The number of aromatic nitrogens is 2. The van der Waals surface area contributed by atoms with E-state index in [1.54, 1.807) is 0 Å². The first-order chi connectivity index (χ1) is 13.0. The Morgan fingerprint density at radius 1 is 1.15 bits per heavy atom. The van der Waals surface area contributed by atoms with Crippen LogP contribution >= 0.6 is 0 Å². The average molecular weight is 367 g/mol. The molecule has 2 aliphatic heterocycles. The average Bonchev–Trinajstić information content (AvgIpc) is 2.64. The van der Waals surface area contributed by atoms with Gasteiger partial charge in [0.2, 0.25) is 0 Å². The molecule has 1 aromatic carbocycles. The highest BCUT2D eigenvalue weighted by Crippen LogP contribution is 2.39. The van der Waals surface area contributed by atoms with E-state index < -0.39 is 0 Å². The molecule has 1 spiro atoms. The number of nitrogens with zero attached hydrogens (tertiary/aromatic N) is 4. The maximum absolute atomic E-state index is 10.2. The number of hydrogen-bond acceptors (Lipinski definition) is 5. The minimum atomic E-state index is -0.169. The Kier molecular flexibility index (Phi) is 5.26. The van der Waals surface area contributed by atoms with Crippen LogP contribution in [0.25, 0.3) is 11.4 Å². The summed E-state index contributed by atoms with van der Waals surface area (Å²) >= 11 is 0. The molecule has 0 radical (unpaired) electrons. The van der Waals surface area contributed by atoms with E-state index in [-0.39, 0.29) is 6.10 Å². The largest absolute Gasteiger partial charge is 0.392 e. The summed E-state index contributed by atoms with van der Waals surface area (Å²) in [6, 6.07) is 8.24. The van der Waals surface area contributed by atoms with Gasteiger partial charge >= 0.3 is 0 Å². The van der Waals surface area contributed by atoms with Gasteiger partial charge in [0.15, 0.2) is 5.82 Å². The number of benzene rings is 1. The summed E-state index contributed by atoms with van der Waals surface area (Å²) in [6.45, 7) is 7.10. The third-order valence-corrected chi connectivity index (χ3v) is 6.21. The number of hydrogen-bond donors (Lipinski definition) is 1. The van der Waals surface area contributed by atoms with Gasteiger partial charge in [-0.05, 0) is 57.3 Å². The minimum Gasteiger partial charge on any atom is -0.392 e. The molecule has 0 aliphatic carbocycles. The van der Waals surface area contributed by atoms with Crippen LogP contribution in [-0.2, 0) is 6.54 Å². The number of piperidine rings is 2. The fourth-order valence-electron chi connectivity index (χ4n) is 4.83. The number of likely N-dealkylation sites (tertiary alicyclic amines) is 2. The van der Waals surface area contributed by atoms with Crippen LogP contribution in [0.2, 0.25) is 0 Å². The van der Waals surface area contributed by atoms with Crippen molar-refractivity contribution in [3.05, 3.63) is 47.8 Å². The fourth-order valence-corrected chi connectivity index (χ4v) is 4.83. The summed E-state index contributed by atoms with van der Waals surface area (Å²) in [4.78, 5) is 14.0. The highest BCUT2D eigenvalue weighted by atomic mass is 16.3. The molecule has 2 aliphatic rings. The monoisotopic (exact) mass is 366 g/mol. The number of likely N-dealkylation sites (N-methyl/N-ethyl adjacent to an activating group) is 1. The van der Waals surface area contributed by atoms with Gasteiger partial charge in [-0.1, -0.05) is 24.3 Å². The Labute approximate surface area is 162 Å². The summed E-state index contributed by atoms with van der Waals surface area (Å²) < 4.78 is 0. The summed E-state index contributed by atoms with van der Waals surface area (Å²) in [5.74, 6) is 0.800. The Morgan fingerprint density at radius 3 is 2.52 bits per heavy atom. The third kappa shape index (κ3) is 4.21. The molecule has 0 amide bonds. The van der Waals surface area contributed by atoms with Gasteiger partial charge in [0, 0.05) is 43.2 Å². The molecule has 0 saturated carbocycles. The second-order valence-corrected chi connectivity index (χ2v) is 8.56. The van der Waals surface area contributed by atoms with E-state index in [1.807, 2.05) is 24.5 Å². The predicted molar refractivity (Wildman–Crippen MR) is 107 cm³/mol. The zero-order valence-corrected chi connectivity index (χ0v) is 16.4. The van der Waals surface area contributed by atoms with Crippen LogP contribution in [0.4, 0.5) is 0 Å². The van der Waals surface area contributed by atoms with Gasteiger partial charge in [-0.2, -0.15) is 0 Å². The molecular formula is C22H30N4O. The van der Waals surface area contributed by atoms with Crippen LogP contribution in [0, 0.1) is 12.3 Å². The maximum Gasteiger partial charge on any atom is 0.159 e. The molecular weight excluding hydrogens is 336 g/mol. The molecule has 1 unspecified atom stereocenters. The van der Waals surface area contributed by atoms with Gasteiger partial charge in [-0.15, -0.1) is 0 Å². The molecule has 5 nitrogen and oxygen atoms in total. The van der Waals surface area contributed by atoms with Crippen LogP contribution < -0.4 is 0 Å². The van der Waals surface area contributed by atoms with Crippen LogP contribution in [0.1, 0.15) is 30.4 Å². The van der Waals surface area contributed by atoms with Crippen molar-refractivity contribution in [1.82, 2.24) is 19.8 Å². The first kappa shape index (κ1) is 18.5. The van der Waals surface area contributed by atoms with Crippen molar-refractivity contribution >= 4 is 0 Å². The second kappa shape index (κ2) is 7.66. The number of aliphatic hydroxyl groups excluding tert-OH is 1. The maximum atomic E-state index is 10.2. The predicted octanol–water partition coefficient (Wildman–Crippen LogP) is 2.73. The van der Waals surface area contributed by atoms with Crippen LogP contribution in [0.15, 0.2) is 36.7 Å². The molecule has 0 bridgehead atoms. The van der Waals surface area contributed by atoms with Crippen molar-refractivity contribution in [2.45, 2.75) is 38.8 Å². The number of aryl methyl sites for hydroxylation is 1. The third-order valence-electron chi connectivity index (χ3n) is 6.21. The van der Waals surface area contributed by atoms with Crippen molar-refractivity contribution in [2.24, 2.45) is 5.41 Å². The molecule has 2 aromatic rings. The molecule has 5 heteroatoms. The van der Waals surface area contributed by atoms with Gasteiger partial charge in [-0.25, -0.2) is 9.97 Å². The van der Waals surface area contributed by atoms with Crippen LogP contribution in [-0.4, -0.2) is 64.2 Å². The first-order valence-electron chi connectivity index (χ1n) is 9.99. The summed E-state index contributed by atoms with van der Waals surface area (Å²) in [5.41, 5.74) is 3.77. The molecule has 2 fully saturated rings. The highest BCUT2D eigenvalue weighted by molar-refractivity contribution is 5.59. The highest BCUT2D eigenvalue weighted by Gasteiger charge is 2.40. The number of aliphatic hydroxyl groups is 1. The SMILES string of the molecule is Cc1ccccc1-c1ncc(CN2CCC3(CC2)CC(O)CN(C)C3)cn1. The van der Waals surface area contributed by atoms with Crippen LogP contribution in [0.5, 0.6) is 0 Å². The van der Waals surface area contributed by atoms with Gasteiger partial charge in [0.1, 0.15) is 0 Å². The zero-order valence-electron chi connectivity index (χ0n) is 16.4. The van der Waals surface area contributed by atoms with Gasteiger partial charge in [0.05, 0.1) is 6.10 Å². The molecule has 144 valence electrons. The Balaban J connectivity index is 1.36. The standard InChI is InChI=1S/C22H30N4O/c1-17-5-3-4-6-20(17)21-23-12-18(13-24-21)14-26-9-7-22(8-10-26)11-19(27)15-25(2)16-22/h3-6,12-13,19,27H,7-11,14-16H2,1-2H3. The van der Waals surface area contributed by atoms with E-state index in [2.05, 4.69) is 45.9 Å². The van der Waals surface area contributed by atoms with E-state index in [4.69, 9.17) is 0 Å². The fraction of sp³-hybridized carbons (Fsp3) is 0.545. The molecule has 1 N–H and O–H groups in total. The van der Waals surface area contributed by atoms with Crippen molar-refractivity contribution in [3.8, 4) is 11.4 Å². The summed E-state index contributed by atoms with van der Waals surface area (Å²) in [5, 5.41) is 10.2. The van der Waals surface area contributed by atoms with E-state index in [9.17, 15) is 5.11 Å². The van der Waals surface area contributed by atoms with Crippen molar-refractivity contribution in [1.29, 1.82) is 0 Å². The first-order valence-corrected chi connectivity index (χ1v) is 9.99. The Morgan fingerprint density at radius 2 is 1.85 bits per heavy atom. The second-order valence-electron chi connectivity index (χ2n) is 8.56. The number of β-amino-alcohol motifs (C(OH)–C–C–N with tert-alkyl or cyclic N) is 1. The van der Waals surface area contributed by atoms with Gasteiger partial charge < -0.3 is 10.0 Å². The lowest BCUT2D eigenvalue weighted by Crippen LogP contribution is -2.52. The lowest BCUT2D eigenvalue weighted by molar-refractivity contribution is -0.0331.